The number of nitrogens with zero attached hydrogens (tertiary/aromatic N) is 2. The van der Waals surface area contributed by atoms with Gasteiger partial charge in [0.2, 0.25) is 5.91 Å². The van der Waals surface area contributed by atoms with Crippen LogP contribution in [0.25, 0.3) is 0 Å². The monoisotopic (exact) mass is 360 g/mol. The van der Waals surface area contributed by atoms with E-state index in [1.54, 1.807) is 7.11 Å². The van der Waals surface area contributed by atoms with Gasteiger partial charge in [0.15, 0.2) is 5.96 Å². The van der Waals surface area contributed by atoms with E-state index in [1.165, 1.54) is 5.56 Å². The topological polar surface area (TPSA) is 66.0 Å². The van der Waals surface area contributed by atoms with Crippen LogP contribution in [0.4, 0.5) is 0 Å². The van der Waals surface area contributed by atoms with Crippen LogP contribution in [0.5, 0.6) is 0 Å². The number of ether oxygens (including phenoxy) is 1. The van der Waals surface area contributed by atoms with Gasteiger partial charge in [-0.15, -0.1) is 0 Å². The van der Waals surface area contributed by atoms with E-state index >= 15 is 0 Å². The summed E-state index contributed by atoms with van der Waals surface area (Å²) in [6, 6.07) is 10.3. The molecular formula is C20H32N4O2. The van der Waals surface area contributed by atoms with Gasteiger partial charge in [-0.3, -0.25) is 9.79 Å². The molecule has 1 fully saturated rings. The number of carbonyl (C=O) groups excluding carboxylic acids is 1. The number of likely N-dealkylation sites (tertiary alicyclic amines) is 1. The number of rotatable bonds is 10. The molecular weight excluding hydrogens is 328 g/mol. The molecule has 26 heavy (non-hydrogen) atoms. The van der Waals surface area contributed by atoms with Crippen LogP contribution in [0, 0.1) is 5.92 Å². The van der Waals surface area contributed by atoms with Gasteiger partial charge in [-0.2, -0.15) is 0 Å². The first kappa shape index (κ1) is 20.2. The van der Waals surface area contributed by atoms with Crippen molar-refractivity contribution in [2.24, 2.45) is 10.9 Å². The van der Waals surface area contributed by atoms with Crippen LogP contribution in [0.15, 0.2) is 35.3 Å². The summed E-state index contributed by atoms with van der Waals surface area (Å²) in [5, 5.41) is 6.56. The molecule has 1 heterocycles. The Kier molecular flexibility index (Phi) is 8.96. The maximum Gasteiger partial charge on any atom is 0.223 e. The maximum absolute atomic E-state index is 12.3. The first-order valence-corrected chi connectivity index (χ1v) is 9.55. The summed E-state index contributed by atoms with van der Waals surface area (Å²) in [5.74, 6) is 1.37. The zero-order valence-corrected chi connectivity index (χ0v) is 16.0. The predicted octanol–water partition coefficient (Wildman–Crippen LogP) is 1.67. The number of aliphatic imine (C=N–C) groups is 1. The van der Waals surface area contributed by atoms with Crippen LogP contribution >= 0.6 is 0 Å². The summed E-state index contributed by atoms with van der Waals surface area (Å²) < 4.78 is 5.06. The second-order valence-electron chi connectivity index (χ2n) is 6.64. The Labute approximate surface area is 157 Å². The lowest BCUT2D eigenvalue weighted by molar-refractivity contribution is -0.127. The molecule has 0 aromatic heterocycles. The van der Waals surface area contributed by atoms with E-state index in [-0.39, 0.29) is 5.91 Å². The second-order valence-corrected chi connectivity index (χ2v) is 6.64. The Bertz CT molecular complexity index is 562. The molecule has 1 atom stereocenters. The summed E-state index contributed by atoms with van der Waals surface area (Å²) in [6.45, 7) is 6.70. The molecule has 6 nitrogen and oxygen atoms in total. The van der Waals surface area contributed by atoms with Crippen LogP contribution in [0.1, 0.15) is 25.3 Å². The number of hydrogen-bond acceptors (Lipinski definition) is 3. The molecule has 0 aliphatic carbocycles. The summed E-state index contributed by atoms with van der Waals surface area (Å²) >= 11 is 0. The van der Waals surface area contributed by atoms with Gasteiger partial charge in [0, 0.05) is 58.8 Å². The third-order valence-corrected chi connectivity index (χ3v) is 4.48. The standard InChI is InChI=1S/C20H32N4O2/c1-3-21-20(22-11-7-13-26-2)23-15-18-14-19(25)24(16-18)12-10-17-8-5-4-6-9-17/h4-6,8-9,18H,3,7,10-16H2,1-2H3,(H2,21,22,23). The van der Waals surface area contributed by atoms with Crippen LogP contribution in [-0.2, 0) is 16.0 Å². The molecule has 1 aliphatic heterocycles. The number of benzene rings is 1. The molecule has 1 aromatic rings. The van der Waals surface area contributed by atoms with E-state index in [0.29, 0.717) is 18.9 Å². The van der Waals surface area contributed by atoms with E-state index in [2.05, 4.69) is 34.7 Å². The average Bonchev–Trinajstić information content (AvgIpc) is 3.02. The maximum atomic E-state index is 12.3. The molecule has 6 heteroatoms. The van der Waals surface area contributed by atoms with Crippen molar-refractivity contribution in [3.05, 3.63) is 35.9 Å². The number of carbonyl (C=O) groups is 1. The number of nitrogens with one attached hydrogen (secondary N) is 2. The van der Waals surface area contributed by atoms with Crippen molar-refractivity contribution in [3.63, 3.8) is 0 Å². The molecule has 1 aliphatic rings. The third-order valence-electron chi connectivity index (χ3n) is 4.48. The van der Waals surface area contributed by atoms with Crippen molar-refractivity contribution < 1.29 is 9.53 Å². The highest BCUT2D eigenvalue weighted by Gasteiger charge is 2.28. The lowest BCUT2D eigenvalue weighted by Gasteiger charge is -2.16. The second kappa shape index (κ2) is 11.5. The van der Waals surface area contributed by atoms with E-state index in [4.69, 9.17) is 4.74 Å². The van der Waals surface area contributed by atoms with Crippen molar-refractivity contribution in [2.75, 3.05) is 46.4 Å². The predicted molar refractivity (Wildman–Crippen MR) is 105 cm³/mol. The molecule has 2 N–H and O–H groups in total. The Morgan fingerprint density at radius 1 is 1.31 bits per heavy atom. The minimum Gasteiger partial charge on any atom is -0.385 e. The van der Waals surface area contributed by atoms with E-state index in [1.807, 2.05) is 23.1 Å². The number of methoxy groups -OCH3 is 1. The van der Waals surface area contributed by atoms with E-state index in [0.717, 1.165) is 51.6 Å². The van der Waals surface area contributed by atoms with Gasteiger partial charge in [0.05, 0.1) is 0 Å². The summed E-state index contributed by atoms with van der Waals surface area (Å²) in [4.78, 5) is 18.9. The van der Waals surface area contributed by atoms with Crippen molar-refractivity contribution in [2.45, 2.75) is 26.2 Å². The number of guanidine groups is 1. The first-order chi connectivity index (χ1) is 12.7. The van der Waals surface area contributed by atoms with Crippen molar-refractivity contribution in [1.29, 1.82) is 0 Å². The third kappa shape index (κ3) is 7.04. The van der Waals surface area contributed by atoms with Gasteiger partial charge in [0.1, 0.15) is 0 Å². The Morgan fingerprint density at radius 2 is 2.12 bits per heavy atom. The van der Waals surface area contributed by atoms with Crippen LogP contribution in [0.2, 0.25) is 0 Å². The lowest BCUT2D eigenvalue weighted by atomic mass is 10.1. The molecule has 2 rings (SSSR count). The summed E-state index contributed by atoms with van der Waals surface area (Å²) in [5.41, 5.74) is 1.27. The fourth-order valence-corrected chi connectivity index (χ4v) is 3.09. The number of hydrogen-bond donors (Lipinski definition) is 2. The summed E-state index contributed by atoms with van der Waals surface area (Å²) in [7, 11) is 1.71. The quantitative estimate of drug-likeness (QED) is 0.378. The fraction of sp³-hybridized carbons (Fsp3) is 0.600. The molecule has 144 valence electrons. The molecule has 0 spiro atoms. The highest BCUT2D eigenvalue weighted by atomic mass is 16.5. The molecule has 0 radical (unpaired) electrons. The van der Waals surface area contributed by atoms with Gasteiger partial charge in [-0.05, 0) is 25.3 Å². The van der Waals surface area contributed by atoms with Gasteiger partial charge in [-0.25, -0.2) is 0 Å². The van der Waals surface area contributed by atoms with Crippen molar-refractivity contribution >= 4 is 11.9 Å². The van der Waals surface area contributed by atoms with Crippen molar-refractivity contribution in [1.82, 2.24) is 15.5 Å². The first-order valence-electron chi connectivity index (χ1n) is 9.55. The largest absolute Gasteiger partial charge is 0.385 e. The Morgan fingerprint density at radius 3 is 2.85 bits per heavy atom. The minimum atomic E-state index is 0.249. The average molecular weight is 361 g/mol. The highest BCUT2D eigenvalue weighted by molar-refractivity contribution is 5.80. The molecule has 1 aromatic carbocycles. The highest BCUT2D eigenvalue weighted by Crippen LogP contribution is 2.18. The SMILES string of the molecule is CCNC(=NCC1CC(=O)N(CCc2ccccc2)C1)NCCCOC. The molecule has 0 saturated carbocycles. The van der Waals surface area contributed by atoms with Gasteiger partial charge in [-0.1, -0.05) is 30.3 Å². The number of amides is 1. The smallest absolute Gasteiger partial charge is 0.223 e. The van der Waals surface area contributed by atoms with Gasteiger partial charge >= 0.3 is 0 Å². The zero-order chi connectivity index (χ0) is 18.6. The normalized spacial score (nSPS) is 17.6. The van der Waals surface area contributed by atoms with Crippen molar-refractivity contribution in [3.8, 4) is 0 Å². The van der Waals surface area contributed by atoms with Crippen LogP contribution in [0.3, 0.4) is 0 Å². The summed E-state index contributed by atoms with van der Waals surface area (Å²) in [6.07, 6.45) is 2.45. The van der Waals surface area contributed by atoms with Crippen LogP contribution in [-0.4, -0.2) is 63.2 Å². The molecule has 0 bridgehead atoms. The van der Waals surface area contributed by atoms with Crippen LogP contribution < -0.4 is 10.6 Å². The molecule has 1 amide bonds. The Hall–Kier alpha value is -2.08. The molecule has 1 saturated heterocycles. The zero-order valence-electron chi connectivity index (χ0n) is 16.0. The Balaban J connectivity index is 1.76. The van der Waals surface area contributed by atoms with E-state index < -0.39 is 0 Å². The van der Waals surface area contributed by atoms with Gasteiger partial charge in [0.25, 0.3) is 0 Å². The molecule has 1 unspecified atom stereocenters. The minimum absolute atomic E-state index is 0.249. The lowest BCUT2D eigenvalue weighted by Crippen LogP contribution is -2.38. The fourth-order valence-electron chi connectivity index (χ4n) is 3.09. The van der Waals surface area contributed by atoms with Gasteiger partial charge < -0.3 is 20.3 Å². The van der Waals surface area contributed by atoms with E-state index in [9.17, 15) is 4.79 Å².